The van der Waals surface area contributed by atoms with Crippen LogP contribution in [0.3, 0.4) is 0 Å². The Balaban J connectivity index is 1.51. The van der Waals surface area contributed by atoms with Gasteiger partial charge in [0.1, 0.15) is 0 Å². The Morgan fingerprint density at radius 1 is 1.00 bits per heavy atom. The molecule has 0 N–H and O–H groups in total. The lowest BCUT2D eigenvalue weighted by Crippen LogP contribution is -2.40. The number of amides is 1. The number of hydrogen-bond acceptors (Lipinski definition) is 4. The van der Waals surface area contributed by atoms with Gasteiger partial charge in [-0.15, -0.1) is 0 Å². The Morgan fingerprint density at radius 3 is 2.50 bits per heavy atom. The number of nitrogens with zero attached hydrogens (tertiary/aromatic N) is 3. The molecule has 0 spiro atoms. The first kappa shape index (κ1) is 23.2. The summed E-state index contributed by atoms with van der Waals surface area (Å²) in [5.74, 6) is 0.0734. The summed E-state index contributed by atoms with van der Waals surface area (Å²) in [7, 11) is 4.04. The van der Waals surface area contributed by atoms with Crippen LogP contribution in [0.1, 0.15) is 37.7 Å². The molecule has 0 unspecified atom stereocenters. The van der Waals surface area contributed by atoms with E-state index in [1.165, 1.54) is 36.4 Å². The quantitative estimate of drug-likeness (QED) is 0.324. The molecule has 1 aliphatic heterocycles. The second kappa shape index (κ2) is 9.96. The number of carbonyl (C=O) groups is 1. The second-order valence-electron chi connectivity index (χ2n) is 9.11. The number of rotatable bonds is 4. The van der Waals surface area contributed by atoms with Crippen molar-refractivity contribution in [1.82, 2.24) is 4.90 Å². The molecule has 174 valence electrons. The largest absolute Gasteiger partial charge is 0.377 e. The first-order chi connectivity index (χ1) is 16.5. The smallest absolute Gasteiger partial charge is 0.267 e. The fourth-order valence-electron chi connectivity index (χ4n) is 4.71. The van der Waals surface area contributed by atoms with Crippen LogP contribution in [0.15, 0.2) is 75.0 Å². The lowest BCUT2D eigenvalue weighted by molar-refractivity contribution is -0.124. The van der Waals surface area contributed by atoms with E-state index in [9.17, 15) is 4.79 Å². The lowest BCUT2D eigenvalue weighted by atomic mass is 9.94. The van der Waals surface area contributed by atoms with E-state index < -0.39 is 0 Å². The highest BCUT2D eigenvalue weighted by atomic mass is 79.9. The highest BCUT2D eigenvalue weighted by Gasteiger charge is 2.38. The number of amidine groups is 1. The van der Waals surface area contributed by atoms with Crippen LogP contribution in [0.4, 0.5) is 11.4 Å². The predicted molar refractivity (Wildman–Crippen MR) is 149 cm³/mol. The van der Waals surface area contributed by atoms with Crippen molar-refractivity contribution in [3.05, 3.63) is 75.6 Å². The van der Waals surface area contributed by atoms with Crippen LogP contribution in [0.5, 0.6) is 0 Å². The number of benzene rings is 3. The number of halogens is 1. The molecule has 0 bridgehead atoms. The molecule has 0 aromatic heterocycles. The number of carbonyl (C=O) groups excluding carboxylic acids is 1. The van der Waals surface area contributed by atoms with Crippen LogP contribution in [-0.2, 0) is 4.79 Å². The van der Waals surface area contributed by atoms with E-state index >= 15 is 0 Å². The molecule has 0 radical (unpaired) electrons. The minimum Gasteiger partial charge on any atom is -0.377 e. The van der Waals surface area contributed by atoms with Crippen LogP contribution in [0, 0.1) is 0 Å². The monoisotopic (exact) mass is 533 g/mol. The van der Waals surface area contributed by atoms with Gasteiger partial charge in [0.25, 0.3) is 5.91 Å². The van der Waals surface area contributed by atoms with Crippen LogP contribution in [0.2, 0.25) is 0 Å². The van der Waals surface area contributed by atoms with Crippen molar-refractivity contribution in [2.75, 3.05) is 19.0 Å². The van der Waals surface area contributed by atoms with Crippen LogP contribution in [-0.4, -0.2) is 36.1 Å². The molecule has 2 aliphatic rings. The molecular weight excluding hydrogens is 506 g/mol. The van der Waals surface area contributed by atoms with E-state index in [0.717, 1.165) is 49.7 Å². The van der Waals surface area contributed by atoms with Crippen molar-refractivity contribution >= 4 is 67.0 Å². The van der Waals surface area contributed by atoms with Gasteiger partial charge in [-0.2, -0.15) is 0 Å². The molecule has 1 amide bonds. The van der Waals surface area contributed by atoms with Gasteiger partial charge in [0, 0.05) is 24.6 Å². The fraction of sp³-hybridized carbons (Fsp3) is 0.286. The van der Waals surface area contributed by atoms with E-state index in [2.05, 4.69) is 63.3 Å². The molecule has 1 saturated carbocycles. The summed E-state index contributed by atoms with van der Waals surface area (Å²) in [6.45, 7) is 0. The molecule has 6 heteroatoms. The van der Waals surface area contributed by atoms with Gasteiger partial charge in [-0.25, -0.2) is 4.99 Å². The zero-order valence-electron chi connectivity index (χ0n) is 19.5. The van der Waals surface area contributed by atoms with Crippen molar-refractivity contribution in [3.63, 3.8) is 0 Å². The number of anilines is 1. The van der Waals surface area contributed by atoms with E-state index in [4.69, 9.17) is 4.99 Å². The topological polar surface area (TPSA) is 35.9 Å². The zero-order chi connectivity index (χ0) is 23.7. The van der Waals surface area contributed by atoms with Crippen molar-refractivity contribution in [3.8, 4) is 0 Å². The molecule has 3 aromatic rings. The summed E-state index contributed by atoms with van der Waals surface area (Å²) in [6.07, 6.45) is 7.66. The Hall–Kier alpha value is -2.57. The third kappa shape index (κ3) is 4.80. The van der Waals surface area contributed by atoms with E-state index in [1.54, 1.807) is 0 Å². The number of aliphatic imine (C=N–C) groups is 1. The Labute approximate surface area is 213 Å². The minimum absolute atomic E-state index is 0.0734. The summed E-state index contributed by atoms with van der Waals surface area (Å²) in [5, 5.41) is 3.14. The summed E-state index contributed by atoms with van der Waals surface area (Å²) in [5.41, 5.74) is 2.99. The van der Waals surface area contributed by atoms with Crippen LogP contribution < -0.4 is 4.90 Å². The number of thioether (sulfide) groups is 1. The first-order valence-electron chi connectivity index (χ1n) is 11.8. The first-order valence-corrected chi connectivity index (χ1v) is 13.4. The van der Waals surface area contributed by atoms with Crippen molar-refractivity contribution in [2.45, 2.75) is 38.1 Å². The molecule has 3 aromatic carbocycles. The third-order valence-corrected chi connectivity index (χ3v) is 8.10. The molecular formula is C28H28BrN3OS. The third-order valence-electron chi connectivity index (χ3n) is 6.49. The fourth-order valence-corrected chi connectivity index (χ4v) is 6.52. The van der Waals surface area contributed by atoms with Crippen LogP contribution >= 0.6 is 27.7 Å². The van der Waals surface area contributed by atoms with Gasteiger partial charge < -0.3 is 4.90 Å². The van der Waals surface area contributed by atoms with Crippen LogP contribution in [0.25, 0.3) is 16.8 Å². The lowest BCUT2D eigenvalue weighted by Gasteiger charge is -2.30. The van der Waals surface area contributed by atoms with Gasteiger partial charge in [0.05, 0.1) is 16.3 Å². The number of hydrogen-bond donors (Lipinski definition) is 0. The molecule has 1 heterocycles. The van der Waals surface area contributed by atoms with Gasteiger partial charge in [0.15, 0.2) is 5.17 Å². The van der Waals surface area contributed by atoms with Crippen molar-refractivity contribution in [2.24, 2.45) is 4.99 Å². The highest BCUT2D eigenvalue weighted by Crippen LogP contribution is 2.39. The second-order valence-corrected chi connectivity index (χ2v) is 11.0. The number of fused-ring (bicyclic) bond motifs is 1. The maximum absolute atomic E-state index is 13.6. The van der Waals surface area contributed by atoms with Gasteiger partial charge >= 0.3 is 0 Å². The molecule has 0 atom stereocenters. The summed E-state index contributed by atoms with van der Waals surface area (Å²) < 4.78 is 1.01. The van der Waals surface area contributed by atoms with E-state index in [1.807, 2.05) is 43.3 Å². The Morgan fingerprint density at radius 2 is 1.76 bits per heavy atom. The minimum atomic E-state index is 0.0734. The van der Waals surface area contributed by atoms with Gasteiger partial charge in [-0.1, -0.05) is 55.7 Å². The van der Waals surface area contributed by atoms with E-state index in [-0.39, 0.29) is 11.9 Å². The predicted octanol–water partition coefficient (Wildman–Crippen LogP) is 7.61. The standard InChI is InChI=1S/C28H28BrN3OS/c1-31(2)25-15-12-19(16-24(25)29)17-26-27(33)32(23-10-4-3-5-11-23)28(34-26)30-22-14-13-20-8-6-7-9-21(20)18-22/h6-9,12-18,23H,3-5,10-11H2,1-2H3. The van der Waals surface area contributed by atoms with Crippen molar-refractivity contribution < 1.29 is 4.79 Å². The zero-order valence-corrected chi connectivity index (χ0v) is 21.9. The molecule has 4 nitrogen and oxygen atoms in total. The average Bonchev–Trinajstić information content (AvgIpc) is 3.13. The Bertz CT molecular complexity index is 1290. The summed E-state index contributed by atoms with van der Waals surface area (Å²) in [4.78, 5) is 23.4. The molecule has 2 fully saturated rings. The van der Waals surface area contributed by atoms with E-state index in [0.29, 0.717) is 0 Å². The van der Waals surface area contributed by atoms with Gasteiger partial charge in [-0.3, -0.25) is 9.69 Å². The molecule has 1 aliphatic carbocycles. The molecule has 1 saturated heterocycles. The molecule has 5 rings (SSSR count). The molecule has 34 heavy (non-hydrogen) atoms. The summed E-state index contributed by atoms with van der Waals surface area (Å²) >= 11 is 5.16. The van der Waals surface area contributed by atoms with Crippen molar-refractivity contribution in [1.29, 1.82) is 0 Å². The normalized spacial score (nSPS) is 19.5. The van der Waals surface area contributed by atoms with Gasteiger partial charge in [-0.05, 0) is 87.2 Å². The maximum atomic E-state index is 13.6. The maximum Gasteiger partial charge on any atom is 0.267 e. The average molecular weight is 535 g/mol. The highest BCUT2D eigenvalue weighted by molar-refractivity contribution is 9.10. The van der Waals surface area contributed by atoms with Gasteiger partial charge in [0.2, 0.25) is 0 Å². The Kier molecular flexibility index (Phi) is 6.79. The summed E-state index contributed by atoms with van der Waals surface area (Å²) in [6, 6.07) is 21.0. The SMILES string of the molecule is CN(C)c1ccc(C=C2SC(=Nc3ccc4ccccc4c3)N(C3CCCCC3)C2=O)cc1Br.